The largest absolute Gasteiger partial charge is 0.394 e. The summed E-state index contributed by atoms with van der Waals surface area (Å²) in [6, 6.07) is 0. The first-order valence-corrected chi connectivity index (χ1v) is 7.11. The first kappa shape index (κ1) is 16.9. The van der Waals surface area contributed by atoms with E-state index in [-0.39, 0.29) is 12.1 Å². The van der Waals surface area contributed by atoms with E-state index < -0.39 is 0 Å². The number of aliphatic hydroxyl groups is 1. The maximum Gasteiger partial charge on any atom is 0.0613 e. The van der Waals surface area contributed by atoms with E-state index in [1.54, 1.807) is 0 Å². The van der Waals surface area contributed by atoms with E-state index >= 15 is 0 Å². The molecule has 0 aliphatic heterocycles. The van der Waals surface area contributed by atoms with E-state index in [1.807, 2.05) is 0 Å². The third kappa shape index (κ3) is 7.02. The minimum atomic E-state index is -0.105. The highest BCUT2D eigenvalue weighted by molar-refractivity contribution is 4.85. The normalized spacial score (nSPS) is 16.8. The number of nitrogens with one attached hydrogen (secondary N) is 1. The van der Waals surface area contributed by atoms with E-state index in [2.05, 4.69) is 33.0 Å². The van der Waals surface area contributed by atoms with Gasteiger partial charge in [0.1, 0.15) is 0 Å². The number of likely N-dealkylation sites (N-methyl/N-ethyl adjacent to an activating group) is 1. The number of aliphatic hydroxyl groups excluding tert-OH is 1. The van der Waals surface area contributed by atoms with Crippen LogP contribution in [0.25, 0.3) is 0 Å². The average Bonchev–Trinajstić information content (AvgIpc) is 2.33. The number of rotatable bonds is 11. The van der Waals surface area contributed by atoms with Gasteiger partial charge >= 0.3 is 0 Å². The molecule has 0 radical (unpaired) electrons. The van der Waals surface area contributed by atoms with Crippen molar-refractivity contribution < 1.29 is 9.84 Å². The Morgan fingerprint density at radius 3 is 2.47 bits per heavy atom. The smallest absolute Gasteiger partial charge is 0.0613 e. The number of ether oxygens (including phenoxy) is 1. The van der Waals surface area contributed by atoms with Crippen LogP contribution in [0.4, 0.5) is 0 Å². The first-order valence-electron chi connectivity index (χ1n) is 7.11. The number of hydrogen-bond acceptors (Lipinski definition) is 3. The first-order chi connectivity index (χ1) is 8.14. The molecule has 2 atom stereocenters. The van der Waals surface area contributed by atoms with Crippen LogP contribution in [0.2, 0.25) is 0 Å². The summed E-state index contributed by atoms with van der Waals surface area (Å²) >= 11 is 0. The molecule has 0 saturated heterocycles. The van der Waals surface area contributed by atoms with Gasteiger partial charge in [-0.1, -0.05) is 27.2 Å². The van der Waals surface area contributed by atoms with Crippen LogP contribution in [-0.2, 0) is 4.74 Å². The van der Waals surface area contributed by atoms with Crippen molar-refractivity contribution in [1.82, 2.24) is 5.32 Å². The summed E-state index contributed by atoms with van der Waals surface area (Å²) in [6.45, 7) is 10.4. The van der Waals surface area contributed by atoms with Crippen LogP contribution in [0.15, 0.2) is 0 Å². The van der Waals surface area contributed by atoms with E-state index in [4.69, 9.17) is 4.74 Å². The topological polar surface area (TPSA) is 41.5 Å². The molecular weight excluding hydrogens is 214 g/mol. The van der Waals surface area contributed by atoms with Gasteiger partial charge in [-0.05, 0) is 39.2 Å². The lowest BCUT2D eigenvalue weighted by Crippen LogP contribution is -2.48. The molecule has 3 nitrogen and oxygen atoms in total. The summed E-state index contributed by atoms with van der Waals surface area (Å²) in [5.41, 5.74) is -0.105. The van der Waals surface area contributed by atoms with Gasteiger partial charge in [0.25, 0.3) is 0 Å². The second kappa shape index (κ2) is 9.86. The highest BCUT2D eigenvalue weighted by Gasteiger charge is 2.25. The van der Waals surface area contributed by atoms with Gasteiger partial charge < -0.3 is 15.2 Å². The summed E-state index contributed by atoms with van der Waals surface area (Å²) in [5, 5.41) is 12.9. The van der Waals surface area contributed by atoms with Crippen molar-refractivity contribution in [2.45, 2.75) is 71.4 Å². The van der Waals surface area contributed by atoms with Crippen molar-refractivity contribution in [3.8, 4) is 0 Å². The Morgan fingerprint density at radius 2 is 2.00 bits per heavy atom. The van der Waals surface area contributed by atoms with Crippen LogP contribution in [0.3, 0.4) is 0 Å². The SMILES string of the molecule is CCCC(C)OCCCC(CC)(CO)NCC. The van der Waals surface area contributed by atoms with Gasteiger partial charge in [-0.25, -0.2) is 0 Å². The fourth-order valence-corrected chi connectivity index (χ4v) is 2.20. The Balaban J connectivity index is 3.82. The molecule has 0 aromatic carbocycles. The summed E-state index contributed by atoms with van der Waals surface area (Å²) < 4.78 is 5.74. The molecular formula is C14H31NO2. The average molecular weight is 245 g/mol. The molecule has 0 amide bonds. The zero-order valence-electron chi connectivity index (χ0n) is 12.1. The van der Waals surface area contributed by atoms with Gasteiger partial charge in [-0.3, -0.25) is 0 Å². The molecule has 0 saturated carbocycles. The molecule has 0 aromatic rings. The van der Waals surface area contributed by atoms with Gasteiger partial charge in [0.15, 0.2) is 0 Å². The predicted molar refractivity (Wildman–Crippen MR) is 73.3 cm³/mol. The van der Waals surface area contributed by atoms with E-state index in [1.165, 1.54) is 6.42 Å². The predicted octanol–water partition coefficient (Wildman–Crippen LogP) is 2.72. The fraction of sp³-hybridized carbons (Fsp3) is 1.00. The maximum absolute atomic E-state index is 9.50. The van der Waals surface area contributed by atoms with E-state index in [0.717, 1.165) is 38.8 Å². The Hall–Kier alpha value is -0.120. The van der Waals surface area contributed by atoms with Crippen molar-refractivity contribution in [3.63, 3.8) is 0 Å². The third-order valence-corrected chi connectivity index (χ3v) is 3.43. The van der Waals surface area contributed by atoms with Crippen LogP contribution in [0.1, 0.15) is 59.8 Å². The van der Waals surface area contributed by atoms with Crippen molar-refractivity contribution in [2.24, 2.45) is 0 Å². The molecule has 17 heavy (non-hydrogen) atoms. The Kier molecular flexibility index (Phi) is 9.79. The van der Waals surface area contributed by atoms with Gasteiger partial charge in [0.2, 0.25) is 0 Å². The third-order valence-electron chi connectivity index (χ3n) is 3.43. The molecule has 0 aromatic heterocycles. The number of hydrogen-bond donors (Lipinski definition) is 2. The summed E-state index contributed by atoms with van der Waals surface area (Å²) in [7, 11) is 0. The van der Waals surface area contributed by atoms with Crippen molar-refractivity contribution in [2.75, 3.05) is 19.8 Å². The minimum absolute atomic E-state index is 0.105. The molecule has 0 rings (SSSR count). The van der Waals surface area contributed by atoms with E-state index in [0.29, 0.717) is 6.10 Å². The monoisotopic (exact) mass is 245 g/mol. The van der Waals surface area contributed by atoms with Crippen LogP contribution in [0, 0.1) is 0 Å². The highest BCUT2D eigenvalue weighted by Crippen LogP contribution is 2.17. The van der Waals surface area contributed by atoms with Gasteiger partial charge in [-0.15, -0.1) is 0 Å². The zero-order chi connectivity index (χ0) is 13.1. The quantitative estimate of drug-likeness (QED) is 0.550. The summed E-state index contributed by atoms with van der Waals surface area (Å²) in [6.07, 6.45) is 5.62. The van der Waals surface area contributed by atoms with Crippen molar-refractivity contribution in [1.29, 1.82) is 0 Å². The minimum Gasteiger partial charge on any atom is -0.394 e. The molecule has 0 aliphatic carbocycles. The van der Waals surface area contributed by atoms with Gasteiger partial charge in [0, 0.05) is 12.1 Å². The molecule has 0 spiro atoms. The Bertz CT molecular complexity index is 170. The molecule has 0 heterocycles. The molecule has 3 heteroatoms. The second-order valence-electron chi connectivity index (χ2n) is 4.90. The molecule has 104 valence electrons. The summed E-state index contributed by atoms with van der Waals surface area (Å²) in [5.74, 6) is 0. The van der Waals surface area contributed by atoms with Crippen LogP contribution < -0.4 is 5.32 Å². The standard InChI is InChI=1S/C14H31NO2/c1-5-9-13(4)17-11-8-10-14(6-2,12-16)15-7-3/h13,15-16H,5-12H2,1-4H3. The molecule has 2 N–H and O–H groups in total. The van der Waals surface area contributed by atoms with Crippen LogP contribution in [-0.4, -0.2) is 36.5 Å². The Labute approximate surface area is 107 Å². The lowest BCUT2D eigenvalue weighted by atomic mass is 9.91. The fourth-order valence-electron chi connectivity index (χ4n) is 2.20. The van der Waals surface area contributed by atoms with E-state index in [9.17, 15) is 5.11 Å². The van der Waals surface area contributed by atoms with Gasteiger partial charge in [-0.2, -0.15) is 0 Å². The Morgan fingerprint density at radius 1 is 1.29 bits per heavy atom. The van der Waals surface area contributed by atoms with Crippen LogP contribution >= 0.6 is 0 Å². The molecule has 0 fully saturated rings. The maximum atomic E-state index is 9.50. The lowest BCUT2D eigenvalue weighted by Gasteiger charge is -2.32. The van der Waals surface area contributed by atoms with Crippen molar-refractivity contribution >= 4 is 0 Å². The zero-order valence-corrected chi connectivity index (χ0v) is 12.1. The lowest BCUT2D eigenvalue weighted by molar-refractivity contribution is 0.0486. The molecule has 0 bridgehead atoms. The van der Waals surface area contributed by atoms with Gasteiger partial charge in [0.05, 0.1) is 12.7 Å². The second-order valence-corrected chi connectivity index (χ2v) is 4.90. The van der Waals surface area contributed by atoms with Crippen molar-refractivity contribution in [3.05, 3.63) is 0 Å². The molecule has 2 unspecified atom stereocenters. The molecule has 0 aliphatic rings. The van der Waals surface area contributed by atoms with Crippen LogP contribution in [0.5, 0.6) is 0 Å². The highest BCUT2D eigenvalue weighted by atomic mass is 16.5. The summed E-state index contributed by atoms with van der Waals surface area (Å²) in [4.78, 5) is 0.